The van der Waals surface area contributed by atoms with E-state index in [1.165, 1.54) is 0 Å². The maximum Gasteiger partial charge on any atom is 0.321 e. The highest BCUT2D eigenvalue weighted by atomic mass is 16.4. The van der Waals surface area contributed by atoms with Gasteiger partial charge in [-0.1, -0.05) is 54.6 Å². The molecule has 0 aliphatic rings. The van der Waals surface area contributed by atoms with Crippen molar-refractivity contribution in [3.63, 3.8) is 0 Å². The van der Waals surface area contributed by atoms with Crippen LogP contribution in [-0.2, 0) is 22.4 Å². The predicted molar refractivity (Wildman–Crippen MR) is 106 cm³/mol. The fourth-order valence-corrected chi connectivity index (χ4v) is 2.53. The largest absolute Gasteiger partial charge is 0.480 e. The number of rotatable bonds is 8. The zero-order valence-electron chi connectivity index (χ0n) is 16.0. The first-order chi connectivity index (χ1) is 12.9. The van der Waals surface area contributed by atoms with Crippen LogP contribution in [0.15, 0.2) is 54.6 Å². The summed E-state index contributed by atoms with van der Waals surface area (Å²) in [6, 6.07) is 16.4. The number of hydrogen-bond donors (Lipinski definition) is 4. The molecule has 2 aromatic carbocycles. The van der Waals surface area contributed by atoms with Crippen LogP contribution in [0, 0.1) is 6.92 Å². The average Bonchev–Trinajstić information content (AvgIpc) is 2.66. The molecule has 0 spiro atoms. The van der Waals surface area contributed by atoms with Crippen molar-refractivity contribution in [1.82, 2.24) is 10.6 Å². The molecule has 0 bridgehead atoms. The van der Waals surface area contributed by atoms with Gasteiger partial charge < -0.3 is 20.8 Å². The molecule has 0 radical (unpaired) electrons. The summed E-state index contributed by atoms with van der Waals surface area (Å²) in [5.41, 5.74) is 3.24. The lowest BCUT2D eigenvalue weighted by Gasteiger charge is -2.12. The normalized spacial score (nSPS) is 12.4. The van der Waals surface area contributed by atoms with Crippen molar-refractivity contribution < 1.29 is 19.8 Å². The van der Waals surface area contributed by atoms with Crippen LogP contribution in [0.5, 0.6) is 0 Å². The summed E-state index contributed by atoms with van der Waals surface area (Å²) < 4.78 is 0. The molecule has 0 aliphatic heterocycles. The molecule has 6 heteroatoms. The third-order valence-electron chi connectivity index (χ3n) is 4.26. The van der Waals surface area contributed by atoms with Crippen LogP contribution in [0.4, 0.5) is 0 Å². The molecule has 0 aliphatic carbocycles. The van der Waals surface area contributed by atoms with E-state index in [9.17, 15) is 9.59 Å². The minimum Gasteiger partial charge on any atom is -0.480 e. The standard InChI is InChI=1S/C11H15NO2.C10H13NO2/c1-8-5-3-4-6-9(8)7-10(12-2)11(13)14;1-11-9(10(12)13)7-8-5-3-2-4-6-8/h3-6,10,12H,7H2,1-2H3,(H,13,14);2-6,9,11H,7H2,1H3,(H,12,13). The van der Waals surface area contributed by atoms with Gasteiger partial charge in [0.2, 0.25) is 0 Å². The number of benzene rings is 2. The Hall–Kier alpha value is -2.70. The molecule has 2 aromatic rings. The molecule has 2 rings (SSSR count). The third-order valence-corrected chi connectivity index (χ3v) is 4.26. The monoisotopic (exact) mass is 372 g/mol. The smallest absolute Gasteiger partial charge is 0.321 e. The van der Waals surface area contributed by atoms with Gasteiger partial charge >= 0.3 is 11.9 Å². The minimum atomic E-state index is -0.814. The summed E-state index contributed by atoms with van der Waals surface area (Å²) in [4.78, 5) is 21.5. The highest BCUT2D eigenvalue weighted by Crippen LogP contribution is 2.09. The van der Waals surface area contributed by atoms with Gasteiger partial charge in [0.1, 0.15) is 12.1 Å². The molecular formula is C21H28N2O4. The Morgan fingerprint density at radius 2 is 1.30 bits per heavy atom. The van der Waals surface area contributed by atoms with Gasteiger partial charge in [-0.3, -0.25) is 9.59 Å². The summed E-state index contributed by atoms with van der Waals surface area (Å²) in [6.45, 7) is 1.99. The fraction of sp³-hybridized carbons (Fsp3) is 0.333. The van der Waals surface area contributed by atoms with E-state index in [1.54, 1.807) is 14.1 Å². The maximum atomic E-state index is 10.8. The van der Waals surface area contributed by atoms with Gasteiger partial charge in [-0.15, -0.1) is 0 Å². The van der Waals surface area contributed by atoms with Gasteiger partial charge in [-0.2, -0.15) is 0 Å². The van der Waals surface area contributed by atoms with Gasteiger partial charge in [0, 0.05) is 0 Å². The van der Waals surface area contributed by atoms with Gasteiger partial charge in [-0.05, 0) is 50.6 Å². The number of nitrogens with one attached hydrogen (secondary N) is 2. The van der Waals surface area contributed by atoms with Gasteiger partial charge in [-0.25, -0.2) is 0 Å². The summed E-state index contributed by atoms with van der Waals surface area (Å²) in [7, 11) is 3.32. The Morgan fingerprint density at radius 1 is 0.815 bits per heavy atom. The van der Waals surface area contributed by atoms with E-state index in [2.05, 4.69) is 10.6 Å². The first-order valence-corrected chi connectivity index (χ1v) is 8.77. The quantitative estimate of drug-likeness (QED) is 0.567. The Labute approximate surface area is 160 Å². The molecular weight excluding hydrogens is 344 g/mol. The maximum absolute atomic E-state index is 10.8. The first kappa shape index (κ1) is 22.3. The van der Waals surface area contributed by atoms with Crippen LogP contribution in [0.25, 0.3) is 0 Å². The molecule has 27 heavy (non-hydrogen) atoms. The second kappa shape index (κ2) is 11.8. The lowest BCUT2D eigenvalue weighted by molar-refractivity contribution is -0.140. The molecule has 2 unspecified atom stereocenters. The van der Waals surface area contributed by atoms with Gasteiger partial charge in [0.15, 0.2) is 0 Å². The van der Waals surface area contributed by atoms with E-state index >= 15 is 0 Å². The van der Waals surface area contributed by atoms with Crippen molar-refractivity contribution in [2.24, 2.45) is 0 Å². The molecule has 0 amide bonds. The first-order valence-electron chi connectivity index (χ1n) is 8.77. The minimum absolute atomic E-state index is 0.498. The predicted octanol–water partition coefficient (Wildman–Crippen LogP) is 2.11. The van der Waals surface area contributed by atoms with Crippen LogP contribution < -0.4 is 10.6 Å². The van der Waals surface area contributed by atoms with Gasteiger partial charge in [0.05, 0.1) is 0 Å². The van der Waals surface area contributed by atoms with Crippen molar-refractivity contribution >= 4 is 11.9 Å². The number of carboxylic acids is 2. The van der Waals surface area contributed by atoms with E-state index in [-0.39, 0.29) is 0 Å². The Morgan fingerprint density at radius 3 is 1.78 bits per heavy atom. The van der Waals surface area contributed by atoms with Crippen LogP contribution in [0.1, 0.15) is 16.7 Å². The molecule has 2 atom stereocenters. The highest BCUT2D eigenvalue weighted by molar-refractivity contribution is 5.74. The van der Waals surface area contributed by atoms with E-state index in [4.69, 9.17) is 10.2 Å². The molecule has 0 saturated heterocycles. The highest BCUT2D eigenvalue weighted by Gasteiger charge is 2.16. The summed E-state index contributed by atoms with van der Waals surface area (Å²) in [5, 5.41) is 23.2. The molecule has 0 saturated carbocycles. The van der Waals surface area contributed by atoms with Crippen LogP contribution >= 0.6 is 0 Å². The number of carbonyl (C=O) groups is 2. The van der Waals surface area contributed by atoms with Crippen molar-refractivity contribution in [2.75, 3.05) is 14.1 Å². The molecule has 0 fully saturated rings. The molecule has 0 aromatic heterocycles. The second-order valence-electron chi connectivity index (χ2n) is 6.18. The second-order valence-corrected chi connectivity index (χ2v) is 6.18. The lowest BCUT2D eigenvalue weighted by atomic mass is 10.0. The van der Waals surface area contributed by atoms with E-state index in [1.807, 2.05) is 61.5 Å². The Kier molecular flexibility index (Phi) is 9.79. The van der Waals surface area contributed by atoms with E-state index in [0.29, 0.717) is 12.8 Å². The summed E-state index contributed by atoms with van der Waals surface area (Å²) in [5.74, 6) is -1.62. The number of likely N-dealkylation sites (N-methyl/N-ethyl adjacent to an activating group) is 2. The van der Waals surface area contributed by atoms with Crippen LogP contribution in [0.2, 0.25) is 0 Å². The molecule has 0 heterocycles. The fourth-order valence-electron chi connectivity index (χ4n) is 2.53. The van der Waals surface area contributed by atoms with Crippen molar-refractivity contribution in [1.29, 1.82) is 0 Å². The van der Waals surface area contributed by atoms with Crippen molar-refractivity contribution in [3.05, 3.63) is 71.3 Å². The molecule has 146 valence electrons. The molecule has 4 N–H and O–H groups in total. The lowest BCUT2D eigenvalue weighted by Crippen LogP contribution is -2.35. The zero-order valence-corrected chi connectivity index (χ0v) is 16.0. The third kappa shape index (κ3) is 8.02. The number of hydrogen-bond acceptors (Lipinski definition) is 4. The number of aryl methyl sites for hydroxylation is 1. The Bertz CT molecular complexity index is 719. The van der Waals surface area contributed by atoms with Crippen LogP contribution in [-0.4, -0.2) is 48.3 Å². The number of aliphatic carboxylic acids is 2. The van der Waals surface area contributed by atoms with Crippen molar-refractivity contribution in [2.45, 2.75) is 31.8 Å². The van der Waals surface area contributed by atoms with Crippen molar-refractivity contribution in [3.8, 4) is 0 Å². The Balaban J connectivity index is 0.000000271. The number of carboxylic acid groups (broad SMARTS) is 2. The average molecular weight is 372 g/mol. The summed E-state index contributed by atoms with van der Waals surface area (Å²) in [6.07, 6.45) is 1.05. The van der Waals surface area contributed by atoms with Crippen LogP contribution in [0.3, 0.4) is 0 Å². The van der Waals surface area contributed by atoms with E-state index in [0.717, 1.165) is 16.7 Å². The zero-order chi connectivity index (χ0) is 20.2. The SMILES string of the molecule is CNC(Cc1ccccc1)C(=O)O.CNC(Cc1ccccc1C)C(=O)O. The topological polar surface area (TPSA) is 98.7 Å². The van der Waals surface area contributed by atoms with Gasteiger partial charge in [0.25, 0.3) is 0 Å². The molecule has 6 nitrogen and oxygen atoms in total. The van der Waals surface area contributed by atoms with E-state index < -0.39 is 24.0 Å². The summed E-state index contributed by atoms with van der Waals surface area (Å²) >= 11 is 0.